The van der Waals surface area contributed by atoms with Crippen molar-refractivity contribution in [2.45, 2.75) is 6.42 Å². The average molecular weight is 338 g/mol. The largest absolute Gasteiger partial charge is 0.469 e. The number of ether oxygens (including phenoxy) is 1. The summed E-state index contributed by atoms with van der Waals surface area (Å²) in [7, 11) is 1.37. The van der Waals surface area contributed by atoms with Gasteiger partial charge in [0.05, 0.1) is 17.3 Å². The molecule has 3 heterocycles. The highest BCUT2D eigenvalue weighted by Gasteiger charge is 2.62. The second kappa shape index (κ2) is 4.89. The van der Waals surface area contributed by atoms with Crippen LogP contribution in [0.25, 0.3) is 10.2 Å². The van der Waals surface area contributed by atoms with Crippen LogP contribution in [-0.4, -0.2) is 35.5 Å². The van der Waals surface area contributed by atoms with Crippen molar-refractivity contribution in [3.63, 3.8) is 0 Å². The molecule has 3 unspecified atom stereocenters. The number of thiophene rings is 1. The maximum Gasteiger partial charge on any atom is 0.305 e. The van der Waals surface area contributed by atoms with Gasteiger partial charge in [-0.25, -0.2) is 4.98 Å². The molecule has 4 rings (SSSR count). The van der Waals surface area contributed by atoms with Crippen molar-refractivity contribution in [1.29, 1.82) is 0 Å². The number of carbonyl (C=O) groups is 2. The van der Waals surface area contributed by atoms with E-state index in [1.165, 1.54) is 18.4 Å². The van der Waals surface area contributed by atoms with E-state index in [2.05, 4.69) is 14.7 Å². The molecule has 3 atom stereocenters. The number of hydrogen-bond acceptors (Lipinski definition) is 6. The number of methoxy groups -OCH3 is 1. The first-order chi connectivity index (χ1) is 10.6. The Morgan fingerprint density at radius 1 is 1.55 bits per heavy atom. The highest BCUT2D eigenvalue weighted by molar-refractivity contribution is 7.17. The van der Waals surface area contributed by atoms with Crippen LogP contribution in [0.15, 0.2) is 11.4 Å². The van der Waals surface area contributed by atoms with Crippen LogP contribution in [0.4, 0.5) is 5.82 Å². The van der Waals surface area contributed by atoms with Crippen LogP contribution in [0, 0.1) is 17.8 Å². The molecule has 2 aromatic heterocycles. The Kier molecular flexibility index (Phi) is 3.09. The van der Waals surface area contributed by atoms with Gasteiger partial charge in [-0.05, 0) is 34.9 Å². The molecule has 0 aromatic carbocycles. The quantitative estimate of drug-likeness (QED) is 0.633. The molecule has 1 saturated heterocycles. The number of nitrogens with zero attached hydrogens (tertiary/aromatic N) is 3. The van der Waals surface area contributed by atoms with E-state index < -0.39 is 0 Å². The number of carbonyl (C=O) groups excluding carboxylic acids is 2. The third-order valence-corrected chi connectivity index (χ3v) is 5.49. The molecule has 0 bridgehead atoms. The number of anilines is 1. The van der Waals surface area contributed by atoms with E-state index in [0.717, 1.165) is 10.2 Å². The van der Waals surface area contributed by atoms with Gasteiger partial charge in [0, 0.05) is 18.9 Å². The van der Waals surface area contributed by atoms with Gasteiger partial charge in [0.15, 0.2) is 5.82 Å². The monoisotopic (exact) mass is 337 g/mol. The molecular formula is C14H12ClN3O3S. The van der Waals surface area contributed by atoms with Crippen molar-refractivity contribution in [1.82, 2.24) is 9.97 Å². The smallest absolute Gasteiger partial charge is 0.305 e. The van der Waals surface area contributed by atoms with Gasteiger partial charge in [-0.1, -0.05) is 0 Å². The summed E-state index contributed by atoms with van der Waals surface area (Å²) in [5, 5.41) is 2.04. The van der Waals surface area contributed by atoms with Gasteiger partial charge in [-0.3, -0.25) is 14.5 Å². The first-order valence-electron chi connectivity index (χ1n) is 6.89. The molecule has 0 spiro atoms. The van der Waals surface area contributed by atoms with Gasteiger partial charge < -0.3 is 4.74 Å². The first kappa shape index (κ1) is 13.9. The van der Waals surface area contributed by atoms with Crippen LogP contribution in [0.3, 0.4) is 0 Å². The summed E-state index contributed by atoms with van der Waals surface area (Å²) >= 11 is 7.45. The van der Waals surface area contributed by atoms with E-state index in [-0.39, 0.29) is 34.9 Å². The number of rotatable bonds is 3. The molecule has 0 radical (unpaired) electrons. The molecule has 1 saturated carbocycles. The molecule has 22 heavy (non-hydrogen) atoms. The maximum absolute atomic E-state index is 12.6. The Hall–Kier alpha value is -1.73. The van der Waals surface area contributed by atoms with E-state index in [0.29, 0.717) is 18.8 Å². The van der Waals surface area contributed by atoms with Crippen LogP contribution in [0.2, 0.25) is 5.28 Å². The standard InChI is InChI=1S/C14H12ClN3O3S/c1-21-9(19)4-6-7-5-18(13(20)10(6)7)12-11-8(2-3-22-11)16-14(15)17-12/h2-3,6-7,10H,4-5H2,1H3. The number of aromatic nitrogens is 2. The third-order valence-electron chi connectivity index (χ3n) is 4.42. The summed E-state index contributed by atoms with van der Waals surface area (Å²) in [6.45, 7) is 0.575. The van der Waals surface area contributed by atoms with Gasteiger partial charge in [0.25, 0.3) is 0 Å². The van der Waals surface area contributed by atoms with Gasteiger partial charge >= 0.3 is 5.97 Å². The molecule has 2 fully saturated rings. The highest BCUT2D eigenvalue weighted by atomic mass is 35.5. The van der Waals surface area contributed by atoms with E-state index >= 15 is 0 Å². The first-order valence-corrected chi connectivity index (χ1v) is 8.15. The van der Waals surface area contributed by atoms with Crippen molar-refractivity contribution < 1.29 is 14.3 Å². The summed E-state index contributed by atoms with van der Waals surface area (Å²) in [6.07, 6.45) is 0.310. The number of hydrogen-bond donors (Lipinski definition) is 0. The molecular weight excluding hydrogens is 326 g/mol. The molecule has 114 valence electrons. The molecule has 1 aliphatic carbocycles. The zero-order valence-electron chi connectivity index (χ0n) is 11.7. The fraction of sp³-hybridized carbons (Fsp3) is 0.429. The van der Waals surface area contributed by atoms with E-state index in [1.54, 1.807) is 4.90 Å². The minimum atomic E-state index is -0.260. The number of esters is 1. The molecule has 0 N–H and O–H groups in total. The predicted molar refractivity (Wildman–Crippen MR) is 81.9 cm³/mol. The SMILES string of the molecule is COC(=O)CC1C2CN(c3nc(Cl)nc4ccsc34)C(=O)C12. The van der Waals surface area contributed by atoms with Crippen molar-refractivity contribution in [3.05, 3.63) is 16.7 Å². The Labute approximate surface area is 135 Å². The van der Waals surface area contributed by atoms with E-state index in [9.17, 15) is 9.59 Å². The maximum atomic E-state index is 12.6. The second-order valence-electron chi connectivity index (χ2n) is 5.53. The Balaban J connectivity index is 1.60. The number of halogens is 1. The average Bonchev–Trinajstić information content (AvgIpc) is 2.84. The van der Waals surface area contributed by atoms with Gasteiger partial charge in [-0.15, -0.1) is 11.3 Å². The molecule has 2 aromatic rings. The van der Waals surface area contributed by atoms with Crippen molar-refractivity contribution in [3.8, 4) is 0 Å². The van der Waals surface area contributed by atoms with Crippen LogP contribution in [0.1, 0.15) is 6.42 Å². The predicted octanol–water partition coefficient (Wildman–Crippen LogP) is 2.12. The van der Waals surface area contributed by atoms with Gasteiger partial charge in [-0.2, -0.15) is 4.98 Å². The second-order valence-corrected chi connectivity index (χ2v) is 6.79. The minimum Gasteiger partial charge on any atom is -0.469 e. The summed E-state index contributed by atoms with van der Waals surface area (Å²) in [4.78, 5) is 34.0. The summed E-state index contributed by atoms with van der Waals surface area (Å²) in [5.74, 6) is 0.553. The zero-order chi connectivity index (χ0) is 15.4. The molecule has 1 aliphatic heterocycles. The topological polar surface area (TPSA) is 72.4 Å². The lowest BCUT2D eigenvalue weighted by Crippen LogP contribution is -2.31. The van der Waals surface area contributed by atoms with Crippen LogP contribution >= 0.6 is 22.9 Å². The van der Waals surface area contributed by atoms with E-state index in [1.807, 2.05) is 11.4 Å². The number of piperidine rings is 1. The summed E-state index contributed by atoms with van der Waals surface area (Å²) in [5.41, 5.74) is 0.750. The normalized spacial score (nSPS) is 26.4. The van der Waals surface area contributed by atoms with Crippen LogP contribution in [0.5, 0.6) is 0 Å². The van der Waals surface area contributed by atoms with E-state index in [4.69, 9.17) is 11.6 Å². The van der Waals surface area contributed by atoms with Crippen molar-refractivity contribution >= 4 is 50.8 Å². The number of amides is 1. The molecule has 8 heteroatoms. The number of fused-ring (bicyclic) bond motifs is 2. The Morgan fingerprint density at radius 2 is 2.36 bits per heavy atom. The van der Waals surface area contributed by atoms with Crippen molar-refractivity contribution in [2.24, 2.45) is 17.8 Å². The fourth-order valence-electron chi connectivity index (χ4n) is 3.29. The van der Waals surface area contributed by atoms with Gasteiger partial charge in [0.2, 0.25) is 11.2 Å². The molecule has 2 aliphatic rings. The Bertz CT molecular complexity index is 793. The lowest BCUT2D eigenvalue weighted by Gasteiger charge is -2.19. The molecule has 6 nitrogen and oxygen atoms in total. The highest BCUT2D eigenvalue weighted by Crippen LogP contribution is 2.55. The molecule has 1 amide bonds. The van der Waals surface area contributed by atoms with Crippen LogP contribution < -0.4 is 4.90 Å². The fourth-order valence-corrected chi connectivity index (χ4v) is 4.29. The van der Waals surface area contributed by atoms with Gasteiger partial charge in [0.1, 0.15) is 0 Å². The van der Waals surface area contributed by atoms with Crippen molar-refractivity contribution in [2.75, 3.05) is 18.6 Å². The minimum absolute atomic E-state index is 0.0170. The summed E-state index contributed by atoms with van der Waals surface area (Å²) in [6, 6.07) is 1.86. The lowest BCUT2D eigenvalue weighted by molar-refractivity contribution is -0.141. The third kappa shape index (κ3) is 1.99. The zero-order valence-corrected chi connectivity index (χ0v) is 13.2. The Morgan fingerprint density at radius 3 is 3.05 bits per heavy atom. The summed E-state index contributed by atoms with van der Waals surface area (Å²) < 4.78 is 5.54. The lowest BCUT2D eigenvalue weighted by atomic mass is 10.2. The van der Waals surface area contributed by atoms with Crippen LogP contribution in [-0.2, 0) is 14.3 Å².